The number of carbonyl (C=O) groups excluding carboxylic acids is 1. The average molecular weight is 496 g/mol. The van der Waals surface area contributed by atoms with Gasteiger partial charge in [0.2, 0.25) is 0 Å². The predicted octanol–water partition coefficient (Wildman–Crippen LogP) is 4.68. The van der Waals surface area contributed by atoms with Gasteiger partial charge in [-0.15, -0.1) is 0 Å². The highest BCUT2D eigenvalue weighted by Crippen LogP contribution is 2.44. The van der Waals surface area contributed by atoms with Crippen LogP contribution < -0.4 is 9.47 Å². The number of hydrogen-bond acceptors (Lipinski definition) is 4. The van der Waals surface area contributed by atoms with E-state index in [0.717, 1.165) is 5.56 Å². The molecule has 0 spiro atoms. The number of carbonyl (C=O) groups is 2. The molecule has 3 aromatic carbocycles. The third-order valence-electron chi connectivity index (χ3n) is 6.21. The number of amides is 1. The van der Waals surface area contributed by atoms with Crippen molar-refractivity contribution >= 4 is 11.9 Å². The molecule has 0 fully saturated rings. The molecular weight excluding hydrogens is 468 g/mol. The van der Waals surface area contributed by atoms with Gasteiger partial charge in [-0.2, -0.15) is 0 Å². The highest BCUT2D eigenvalue weighted by atomic mass is 19.1. The number of carboxylic acid groups (broad SMARTS) is 1. The van der Waals surface area contributed by atoms with Crippen LogP contribution in [0.3, 0.4) is 0 Å². The van der Waals surface area contributed by atoms with E-state index in [2.05, 4.69) is 0 Å². The van der Waals surface area contributed by atoms with Crippen LogP contribution in [-0.4, -0.2) is 47.7 Å². The zero-order valence-corrected chi connectivity index (χ0v) is 20.1. The van der Waals surface area contributed by atoms with Crippen molar-refractivity contribution in [2.45, 2.75) is 31.8 Å². The fraction of sp³-hybridized carbons (Fsp3) is 0.286. The highest BCUT2D eigenvalue weighted by Gasteiger charge is 2.38. The summed E-state index contributed by atoms with van der Waals surface area (Å²) in [4.78, 5) is 26.1. The molecular formula is C28H27F2NO5. The zero-order valence-electron chi connectivity index (χ0n) is 20.1. The minimum absolute atomic E-state index is 0.0927. The number of carboxylic acids is 1. The van der Waals surface area contributed by atoms with Crippen molar-refractivity contribution < 1.29 is 33.0 Å². The highest BCUT2D eigenvalue weighted by molar-refractivity contribution is 5.97. The van der Waals surface area contributed by atoms with Gasteiger partial charge in [0.1, 0.15) is 23.8 Å². The third kappa shape index (κ3) is 5.64. The number of benzene rings is 3. The Morgan fingerprint density at radius 2 is 1.89 bits per heavy atom. The maximum atomic E-state index is 14.3. The number of methoxy groups -OCH3 is 1. The van der Waals surface area contributed by atoms with Crippen molar-refractivity contribution in [3.8, 4) is 11.5 Å². The number of halogens is 2. The SMILES string of the molecule is COc1cc(C(=O)N(CCc2cccc(F)c2)CC(=O)O)cc2c1O[C@](C)(Cc1ccccc1F)C2. The number of rotatable bonds is 9. The molecule has 0 aliphatic carbocycles. The van der Waals surface area contributed by atoms with E-state index in [4.69, 9.17) is 9.47 Å². The normalized spacial score (nSPS) is 16.2. The first-order valence-corrected chi connectivity index (χ1v) is 11.6. The summed E-state index contributed by atoms with van der Waals surface area (Å²) < 4.78 is 39.5. The van der Waals surface area contributed by atoms with Crippen LogP contribution in [0.4, 0.5) is 8.78 Å². The molecule has 0 aromatic heterocycles. The van der Waals surface area contributed by atoms with Gasteiger partial charge < -0.3 is 19.5 Å². The fourth-order valence-electron chi connectivity index (χ4n) is 4.57. The standard InChI is InChI=1S/C28H27F2NO5/c1-28(15-19-7-3-4-9-23(19)30)16-21-13-20(14-24(35-2)26(21)36-28)27(34)31(17-25(32)33)11-10-18-6-5-8-22(29)12-18/h3-9,12-14H,10-11,15-17H2,1-2H3,(H,32,33)/t28-/m1/s1. The zero-order chi connectivity index (χ0) is 25.9. The second-order valence-electron chi connectivity index (χ2n) is 9.16. The van der Waals surface area contributed by atoms with E-state index < -0.39 is 29.8 Å². The van der Waals surface area contributed by atoms with Crippen molar-refractivity contribution in [3.05, 3.63) is 94.6 Å². The summed E-state index contributed by atoms with van der Waals surface area (Å²) in [6, 6.07) is 15.7. The molecule has 1 N–H and O–H groups in total. The van der Waals surface area contributed by atoms with E-state index in [9.17, 15) is 23.5 Å². The van der Waals surface area contributed by atoms with Crippen molar-refractivity contribution in [2.75, 3.05) is 20.2 Å². The van der Waals surface area contributed by atoms with Crippen LogP contribution in [0.5, 0.6) is 11.5 Å². The molecule has 36 heavy (non-hydrogen) atoms. The number of ether oxygens (including phenoxy) is 2. The summed E-state index contributed by atoms with van der Waals surface area (Å²) in [6.45, 7) is 1.46. The molecule has 1 atom stereocenters. The van der Waals surface area contributed by atoms with Crippen LogP contribution in [-0.2, 0) is 24.1 Å². The van der Waals surface area contributed by atoms with Gasteiger partial charge in [0.05, 0.1) is 7.11 Å². The Balaban J connectivity index is 1.57. The summed E-state index contributed by atoms with van der Waals surface area (Å²) in [5.74, 6) is -1.53. The summed E-state index contributed by atoms with van der Waals surface area (Å²) in [5, 5.41) is 9.38. The van der Waals surface area contributed by atoms with E-state index in [1.807, 2.05) is 6.92 Å². The minimum atomic E-state index is -1.16. The molecule has 6 nitrogen and oxygen atoms in total. The number of aliphatic carboxylic acids is 1. The number of nitrogens with zero attached hydrogens (tertiary/aromatic N) is 1. The van der Waals surface area contributed by atoms with Gasteiger partial charge in [0.25, 0.3) is 5.91 Å². The molecule has 188 valence electrons. The molecule has 1 amide bonds. The topological polar surface area (TPSA) is 76.1 Å². The van der Waals surface area contributed by atoms with E-state index >= 15 is 0 Å². The molecule has 1 aliphatic rings. The summed E-state index contributed by atoms with van der Waals surface area (Å²) in [6.07, 6.45) is 1.03. The van der Waals surface area contributed by atoms with Crippen molar-refractivity contribution in [1.29, 1.82) is 0 Å². The van der Waals surface area contributed by atoms with E-state index in [1.54, 1.807) is 36.4 Å². The summed E-state index contributed by atoms with van der Waals surface area (Å²) in [7, 11) is 1.46. The second-order valence-corrected chi connectivity index (χ2v) is 9.16. The Morgan fingerprint density at radius 1 is 1.11 bits per heavy atom. The first kappa shape index (κ1) is 25.2. The van der Waals surface area contributed by atoms with Crippen LogP contribution >= 0.6 is 0 Å². The number of fused-ring (bicyclic) bond motifs is 1. The molecule has 0 unspecified atom stereocenters. The van der Waals surface area contributed by atoms with Gasteiger partial charge >= 0.3 is 5.97 Å². The summed E-state index contributed by atoms with van der Waals surface area (Å²) >= 11 is 0. The van der Waals surface area contributed by atoms with Gasteiger partial charge in [-0.05, 0) is 54.8 Å². The quantitative estimate of drug-likeness (QED) is 0.467. The van der Waals surface area contributed by atoms with Crippen LogP contribution in [0.1, 0.15) is 34.0 Å². The molecule has 0 saturated carbocycles. The lowest BCUT2D eigenvalue weighted by Gasteiger charge is -2.24. The van der Waals surface area contributed by atoms with E-state index in [1.165, 1.54) is 36.3 Å². The maximum absolute atomic E-state index is 14.3. The Labute approximate surface area is 208 Å². The first-order chi connectivity index (χ1) is 17.2. The smallest absolute Gasteiger partial charge is 0.323 e. The maximum Gasteiger partial charge on any atom is 0.323 e. The lowest BCUT2D eigenvalue weighted by Crippen LogP contribution is -2.37. The molecule has 8 heteroatoms. The predicted molar refractivity (Wildman–Crippen MR) is 129 cm³/mol. The summed E-state index contributed by atoms with van der Waals surface area (Å²) in [5.41, 5.74) is 1.40. The van der Waals surface area contributed by atoms with Gasteiger partial charge in [0, 0.05) is 30.5 Å². The van der Waals surface area contributed by atoms with E-state index in [0.29, 0.717) is 41.9 Å². The molecule has 1 aliphatic heterocycles. The van der Waals surface area contributed by atoms with E-state index in [-0.39, 0.29) is 17.9 Å². The van der Waals surface area contributed by atoms with Gasteiger partial charge in [-0.3, -0.25) is 9.59 Å². The third-order valence-corrected chi connectivity index (χ3v) is 6.21. The van der Waals surface area contributed by atoms with Gasteiger partial charge in [-0.1, -0.05) is 30.3 Å². The Hall–Kier alpha value is -3.94. The molecule has 1 heterocycles. The van der Waals surface area contributed by atoms with Gasteiger partial charge in [0.15, 0.2) is 11.5 Å². The van der Waals surface area contributed by atoms with Crippen LogP contribution in [0.25, 0.3) is 0 Å². The van der Waals surface area contributed by atoms with Gasteiger partial charge in [-0.25, -0.2) is 8.78 Å². The average Bonchev–Trinajstić information content (AvgIpc) is 3.17. The fourth-order valence-corrected chi connectivity index (χ4v) is 4.57. The largest absolute Gasteiger partial charge is 0.493 e. The lowest BCUT2D eigenvalue weighted by molar-refractivity contribution is -0.137. The van der Waals surface area contributed by atoms with Crippen LogP contribution in [0.2, 0.25) is 0 Å². The molecule has 0 radical (unpaired) electrons. The first-order valence-electron chi connectivity index (χ1n) is 11.6. The molecule has 4 rings (SSSR count). The monoisotopic (exact) mass is 495 g/mol. The van der Waals surface area contributed by atoms with Crippen LogP contribution in [0.15, 0.2) is 60.7 Å². The van der Waals surface area contributed by atoms with Crippen molar-refractivity contribution in [2.24, 2.45) is 0 Å². The second kappa shape index (κ2) is 10.4. The molecule has 3 aromatic rings. The molecule has 0 saturated heterocycles. The number of hydrogen-bond donors (Lipinski definition) is 1. The van der Waals surface area contributed by atoms with Crippen molar-refractivity contribution in [1.82, 2.24) is 4.90 Å². The minimum Gasteiger partial charge on any atom is -0.493 e. The Kier molecular flexibility index (Phi) is 7.24. The van der Waals surface area contributed by atoms with Crippen LogP contribution in [0, 0.1) is 11.6 Å². The molecule has 0 bridgehead atoms. The lowest BCUT2D eigenvalue weighted by atomic mass is 9.91. The van der Waals surface area contributed by atoms with Crippen molar-refractivity contribution in [3.63, 3.8) is 0 Å². The Morgan fingerprint density at radius 3 is 2.58 bits per heavy atom. The Bertz CT molecular complexity index is 1290.